The van der Waals surface area contributed by atoms with Crippen molar-refractivity contribution in [1.29, 1.82) is 0 Å². The quantitative estimate of drug-likeness (QED) is 0.216. The minimum absolute atomic E-state index is 0.0317. The largest absolute Gasteiger partial charge is 0.354 e. The van der Waals surface area contributed by atoms with Gasteiger partial charge in [0.1, 0.15) is 22.7 Å². The zero-order valence-electron chi connectivity index (χ0n) is 22.9. The Morgan fingerprint density at radius 3 is 2.57 bits per heavy atom. The number of benzene rings is 2. The lowest BCUT2D eigenvalue weighted by molar-refractivity contribution is -0.384. The number of fused-ring (bicyclic) bond motifs is 1. The van der Waals surface area contributed by atoms with Gasteiger partial charge in [0.25, 0.3) is 11.4 Å². The highest BCUT2D eigenvalue weighted by molar-refractivity contribution is 5.98. The predicted octanol–water partition coefficient (Wildman–Crippen LogP) is 5.23. The summed E-state index contributed by atoms with van der Waals surface area (Å²) in [6, 6.07) is 17.5. The maximum absolute atomic E-state index is 13.1. The van der Waals surface area contributed by atoms with E-state index in [1.807, 2.05) is 19.1 Å². The number of hydrogen-bond acceptors (Lipinski definition) is 9. The van der Waals surface area contributed by atoms with Crippen molar-refractivity contribution in [3.8, 4) is 11.3 Å². The van der Waals surface area contributed by atoms with Crippen LogP contribution >= 0.6 is 0 Å². The van der Waals surface area contributed by atoms with Crippen LogP contribution < -0.4 is 10.2 Å². The zero-order valence-corrected chi connectivity index (χ0v) is 22.9. The Balaban J connectivity index is 1.27. The molecule has 1 saturated heterocycles. The van der Waals surface area contributed by atoms with Gasteiger partial charge in [0.05, 0.1) is 4.92 Å². The first-order valence-electron chi connectivity index (χ1n) is 13.6. The van der Waals surface area contributed by atoms with E-state index in [0.717, 1.165) is 11.1 Å². The molecular formula is C30H28N8O4. The molecule has 0 aliphatic carbocycles. The van der Waals surface area contributed by atoms with Crippen LogP contribution in [0.2, 0.25) is 0 Å². The van der Waals surface area contributed by atoms with Crippen molar-refractivity contribution in [1.82, 2.24) is 25.0 Å². The van der Waals surface area contributed by atoms with Crippen molar-refractivity contribution in [3.05, 3.63) is 100 Å². The standard InChI is InChI=1S/C30H28N8O4/c1-20-5-7-21(8-6-20)18-25-33-28(26-27(35-42-29(26)34-25)22-4-2-13-31-19-22)36-14-3-15-37(17-16-36)30(39)32-23-9-11-24(12-10-23)38(40)41/h2,4-13,19H,3,14-18H2,1H3,(H,32,39). The lowest BCUT2D eigenvalue weighted by Crippen LogP contribution is -2.38. The molecule has 1 aliphatic rings. The average Bonchev–Trinajstić information content (AvgIpc) is 3.27. The molecule has 0 unspecified atom stereocenters. The van der Waals surface area contributed by atoms with Crippen LogP contribution in [0.3, 0.4) is 0 Å². The number of nitro benzene ring substituents is 1. The number of hydrogen-bond donors (Lipinski definition) is 1. The van der Waals surface area contributed by atoms with E-state index >= 15 is 0 Å². The fourth-order valence-corrected chi connectivity index (χ4v) is 4.98. The maximum Gasteiger partial charge on any atom is 0.321 e. The van der Waals surface area contributed by atoms with E-state index < -0.39 is 4.92 Å². The summed E-state index contributed by atoms with van der Waals surface area (Å²) >= 11 is 0. The number of pyridine rings is 1. The molecule has 3 aromatic heterocycles. The van der Waals surface area contributed by atoms with Crippen molar-refractivity contribution in [2.45, 2.75) is 19.8 Å². The SMILES string of the molecule is Cc1ccc(Cc2nc(N3CCCN(C(=O)Nc4ccc([N+](=O)[O-])cc4)CC3)c3c(-c4cccnc4)noc3n2)cc1. The summed E-state index contributed by atoms with van der Waals surface area (Å²) in [5.74, 6) is 1.33. The summed E-state index contributed by atoms with van der Waals surface area (Å²) in [6.07, 6.45) is 4.67. The molecule has 0 bridgehead atoms. The second kappa shape index (κ2) is 11.6. The van der Waals surface area contributed by atoms with E-state index in [4.69, 9.17) is 14.5 Å². The molecule has 0 saturated carbocycles. The first-order chi connectivity index (χ1) is 20.4. The summed E-state index contributed by atoms with van der Waals surface area (Å²) in [5, 5.41) is 18.8. The molecular weight excluding hydrogens is 536 g/mol. The van der Waals surface area contributed by atoms with Gasteiger partial charge in [-0.05, 0) is 43.2 Å². The van der Waals surface area contributed by atoms with Gasteiger partial charge in [0, 0.05) is 68.4 Å². The molecule has 0 spiro atoms. The van der Waals surface area contributed by atoms with E-state index in [1.54, 1.807) is 17.3 Å². The third kappa shape index (κ3) is 5.73. The molecule has 5 aromatic rings. The third-order valence-electron chi connectivity index (χ3n) is 7.19. The fraction of sp³-hybridized carbons (Fsp3) is 0.233. The molecule has 12 nitrogen and oxygen atoms in total. The first-order valence-corrected chi connectivity index (χ1v) is 13.6. The maximum atomic E-state index is 13.1. The van der Waals surface area contributed by atoms with E-state index in [1.165, 1.54) is 29.8 Å². The van der Waals surface area contributed by atoms with Crippen LogP contribution in [0.15, 0.2) is 77.6 Å². The van der Waals surface area contributed by atoms with E-state index in [0.29, 0.717) is 73.1 Å². The number of nitro groups is 1. The number of anilines is 2. The molecule has 1 aliphatic heterocycles. The number of nitrogens with zero attached hydrogens (tertiary/aromatic N) is 7. The number of nitrogens with one attached hydrogen (secondary N) is 1. The van der Waals surface area contributed by atoms with E-state index in [-0.39, 0.29) is 11.7 Å². The number of carbonyl (C=O) groups is 1. The van der Waals surface area contributed by atoms with Crippen LogP contribution in [0, 0.1) is 17.0 Å². The molecule has 1 N–H and O–H groups in total. The summed E-state index contributed by atoms with van der Waals surface area (Å²) in [4.78, 5) is 41.4. The Hall–Kier alpha value is -5.39. The second-order valence-corrected chi connectivity index (χ2v) is 10.1. The predicted molar refractivity (Wildman–Crippen MR) is 157 cm³/mol. The zero-order chi connectivity index (χ0) is 29.1. The second-order valence-electron chi connectivity index (χ2n) is 10.1. The Morgan fingerprint density at radius 1 is 1.02 bits per heavy atom. The van der Waals surface area contributed by atoms with Gasteiger partial charge in [0.15, 0.2) is 0 Å². The van der Waals surface area contributed by atoms with Crippen LogP contribution in [0.1, 0.15) is 23.4 Å². The number of carbonyl (C=O) groups excluding carboxylic acids is 1. The number of urea groups is 1. The molecule has 2 aromatic carbocycles. The van der Waals surface area contributed by atoms with Crippen LogP contribution in [0.25, 0.3) is 22.4 Å². The molecule has 0 radical (unpaired) electrons. The topological polar surface area (TPSA) is 143 Å². The first kappa shape index (κ1) is 26.8. The monoisotopic (exact) mass is 564 g/mol. The minimum Gasteiger partial charge on any atom is -0.354 e. The molecule has 2 amide bonds. The van der Waals surface area contributed by atoms with Gasteiger partial charge in [0.2, 0.25) is 0 Å². The van der Waals surface area contributed by atoms with Gasteiger partial charge in [-0.2, -0.15) is 4.98 Å². The normalized spacial score (nSPS) is 13.6. The smallest absolute Gasteiger partial charge is 0.321 e. The van der Waals surface area contributed by atoms with Gasteiger partial charge >= 0.3 is 6.03 Å². The van der Waals surface area contributed by atoms with Gasteiger partial charge in [-0.3, -0.25) is 15.1 Å². The average molecular weight is 565 g/mol. The summed E-state index contributed by atoms with van der Waals surface area (Å²) in [6.45, 7) is 4.23. The number of aryl methyl sites for hydroxylation is 1. The number of non-ortho nitro benzene ring substituents is 1. The Morgan fingerprint density at radius 2 is 1.83 bits per heavy atom. The number of amides is 2. The number of aromatic nitrogens is 4. The van der Waals surface area contributed by atoms with Crippen LogP contribution in [-0.4, -0.2) is 62.1 Å². The molecule has 1 fully saturated rings. The summed E-state index contributed by atoms with van der Waals surface area (Å²) < 4.78 is 5.74. The highest BCUT2D eigenvalue weighted by Gasteiger charge is 2.26. The van der Waals surface area contributed by atoms with Gasteiger partial charge in [-0.1, -0.05) is 35.0 Å². The van der Waals surface area contributed by atoms with Gasteiger partial charge < -0.3 is 19.6 Å². The molecule has 6 rings (SSSR count). The highest BCUT2D eigenvalue weighted by Crippen LogP contribution is 2.34. The fourth-order valence-electron chi connectivity index (χ4n) is 4.98. The lowest BCUT2D eigenvalue weighted by Gasteiger charge is -2.24. The van der Waals surface area contributed by atoms with E-state index in [9.17, 15) is 14.9 Å². The minimum atomic E-state index is -0.472. The van der Waals surface area contributed by atoms with Gasteiger partial charge in [-0.15, -0.1) is 0 Å². The van der Waals surface area contributed by atoms with Crippen molar-refractivity contribution < 1.29 is 14.2 Å². The molecule has 4 heterocycles. The summed E-state index contributed by atoms with van der Waals surface area (Å²) in [5.41, 5.74) is 4.55. The molecule has 12 heteroatoms. The van der Waals surface area contributed by atoms with Gasteiger partial charge in [-0.25, -0.2) is 9.78 Å². The molecule has 0 atom stereocenters. The van der Waals surface area contributed by atoms with E-state index in [2.05, 4.69) is 44.6 Å². The van der Waals surface area contributed by atoms with Crippen molar-refractivity contribution >= 4 is 34.3 Å². The van der Waals surface area contributed by atoms with Crippen LogP contribution in [0.5, 0.6) is 0 Å². The van der Waals surface area contributed by atoms with Crippen LogP contribution in [-0.2, 0) is 6.42 Å². The Labute approximate surface area is 241 Å². The molecule has 42 heavy (non-hydrogen) atoms. The number of rotatable bonds is 6. The Bertz CT molecular complexity index is 1720. The van der Waals surface area contributed by atoms with Crippen LogP contribution in [0.4, 0.5) is 22.0 Å². The third-order valence-corrected chi connectivity index (χ3v) is 7.19. The highest BCUT2D eigenvalue weighted by atomic mass is 16.6. The van der Waals surface area contributed by atoms with Crippen molar-refractivity contribution in [2.24, 2.45) is 0 Å². The molecule has 212 valence electrons. The Kier molecular flexibility index (Phi) is 7.41. The van der Waals surface area contributed by atoms with Crippen molar-refractivity contribution in [3.63, 3.8) is 0 Å². The summed E-state index contributed by atoms with van der Waals surface area (Å²) in [7, 11) is 0. The lowest BCUT2D eigenvalue weighted by atomic mass is 10.1. The van der Waals surface area contributed by atoms with Crippen molar-refractivity contribution in [2.75, 3.05) is 36.4 Å².